The second-order valence-electron chi connectivity index (χ2n) is 3.19. The molecule has 0 aliphatic carbocycles. The molecule has 5 nitrogen and oxygen atoms in total. The van der Waals surface area contributed by atoms with Crippen LogP contribution in [0.3, 0.4) is 0 Å². The minimum Gasteiger partial charge on any atom is -0.358 e. The van der Waals surface area contributed by atoms with Crippen molar-refractivity contribution >= 4 is 11.5 Å². The van der Waals surface area contributed by atoms with E-state index in [1.54, 1.807) is 17.5 Å². The summed E-state index contributed by atoms with van der Waals surface area (Å²) in [7, 11) is 0. The molecule has 0 atom stereocenters. The van der Waals surface area contributed by atoms with E-state index in [1.807, 2.05) is 0 Å². The first-order chi connectivity index (χ1) is 7.47. The van der Waals surface area contributed by atoms with Crippen molar-refractivity contribution < 1.29 is 13.2 Å². The lowest BCUT2D eigenvalue weighted by Gasteiger charge is -2.08. The van der Waals surface area contributed by atoms with Crippen LogP contribution in [-0.2, 0) is 0 Å². The summed E-state index contributed by atoms with van der Waals surface area (Å²) < 4.78 is 37.6. The summed E-state index contributed by atoms with van der Waals surface area (Å²) in [5, 5.41) is 9.67. The van der Waals surface area contributed by atoms with Gasteiger partial charge in [-0.25, -0.2) is 4.98 Å². The summed E-state index contributed by atoms with van der Waals surface area (Å²) in [4.78, 5) is 3.79. The molecule has 0 radical (unpaired) electrons. The molecule has 2 aromatic heterocycles. The monoisotopic (exact) mass is 231 g/mol. The van der Waals surface area contributed by atoms with Gasteiger partial charge in [0.1, 0.15) is 12.4 Å². The molecule has 0 spiro atoms. The van der Waals surface area contributed by atoms with Gasteiger partial charge in [-0.15, -0.1) is 10.2 Å². The number of hydrogen-bond acceptors (Lipinski definition) is 4. The Kier molecular flexibility index (Phi) is 2.41. The summed E-state index contributed by atoms with van der Waals surface area (Å²) in [6.07, 6.45) is -1.31. The fourth-order valence-corrected chi connectivity index (χ4v) is 1.25. The number of alkyl halides is 3. The smallest absolute Gasteiger partial charge is 0.358 e. The first kappa shape index (κ1) is 10.7. The number of hydrogen-bond donors (Lipinski definition) is 1. The van der Waals surface area contributed by atoms with Gasteiger partial charge in [0, 0.05) is 12.4 Å². The molecule has 16 heavy (non-hydrogen) atoms. The van der Waals surface area contributed by atoms with Crippen LogP contribution >= 0.6 is 0 Å². The molecule has 0 aliphatic rings. The molecule has 2 aromatic rings. The maximum atomic E-state index is 12.0. The van der Waals surface area contributed by atoms with Crippen LogP contribution in [0.5, 0.6) is 0 Å². The van der Waals surface area contributed by atoms with Crippen molar-refractivity contribution in [1.29, 1.82) is 0 Å². The van der Waals surface area contributed by atoms with Crippen LogP contribution < -0.4 is 5.32 Å². The Morgan fingerprint density at radius 3 is 2.81 bits per heavy atom. The number of nitrogens with one attached hydrogen (secondary N) is 1. The third-order valence-corrected chi connectivity index (χ3v) is 1.95. The lowest BCUT2D eigenvalue weighted by molar-refractivity contribution is -0.115. The Morgan fingerprint density at radius 2 is 2.12 bits per heavy atom. The Bertz CT molecular complexity index is 504. The van der Waals surface area contributed by atoms with E-state index in [-0.39, 0.29) is 11.5 Å². The molecule has 0 unspecified atom stereocenters. The average molecular weight is 231 g/mol. The zero-order chi connectivity index (χ0) is 11.8. The van der Waals surface area contributed by atoms with Gasteiger partial charge in [0.15, 0.2) is 5.82 Å². The summed E-state index contributed by atoms with van der Waals surface area (Å²) in [6.45, 7) is 0.555. The zero-order valence-electron chi connectivity index (χ0n) is 8.28. The third-order valence-electron chi connectivity index (χ3n) is 1.95. The van der Waals surface area contributed by atoms with Crippen molar-refractivity contribution in [2.75, 3.05) is 11.9 Å². The van der Waals surface area contributed by atoms with Crippen LogP contribution in [0.1, 0.15) is 5.82 Å². The molecule has 86 valence electrons. The number of rotatable bonds is 2. The zero-order valence-corrected chi connectivity index (χ0v) is 8.28. The summed E-state index contributed by atoms with van der Waals surface area (Å²) in [5.41, 5.74) is 0.282. The fourth-order valence-electron chi connectivity index (χ4n) is 1.25. The summed E-state index contributed by atoms with van der Waals surface area (Å²) in [5.74, 6) is 0.660. The molecule has 0 amide bonds. The summed E-state index contributed by atoms with van der Waals surface area (Å²) in [6, 6.07) is 0. The van der Waals surface area contributed by atoms with E-state index in [0.717, 1.165) is 0 Å². The van der Waals surface area contributed by atoms with Crippen molar-refractivity contribution in [3.63, 3.8) is 0 Å². The van der Waals surface area contributed by atoms with Crippen molar-refractivity contribution in [3.8, 4) is 0 Å². The Morgan fingerprint density at radius 1 is 1.38 bits per heavy atom. The van der Waals surface area contributed by atoms with Crippen molar-refractivity contribution in [3.05, 3.63) is 18.2 Å². The maximum absolute atomic E-state index is 12.0. The van der Waals surface area contributed by atoms with E-state index in [9.17, 15) is 13.2 Å². The highest BCUT2D eigenvalue weighted by molar-refractivity contribution is 5.61. The van der Waals surface area contributed by atoms with Gasteiger partial charge in [-0.3, -0.25) is 4.40 Å². The molecule has 8 heteroatoms. The largest absolute Gasteiger partial charge is 0.405 e. The highest BCUT2D eigenvalue weighted by Gasteiger charge is 2.27. The lowest BCUT2D eigenvalue weighted by Crippen LogP contribution is -2.22. The van der Waals surface area contributed by atoms with Crippen LogP contribution in [0.4, 0.5) is 19.0 Å². The van der Waals surface area contributed by atoms with Crippen molar-refractivity contribution in [2.24, 2.45) is 0 Å². The Labute approximate surface area is 88.3 Å². The van der Waals surface area contributed by atoms with E-state index in [2.05, 4.69) is 20.5 Å². The standard InChI is InChI=1S/C8H8F3N5/c1-5-14-15-7-6(12-2-3-16(5)7)13-4-8(9,10)11/h2-3H,4H2,1H3,(H,12,13). The van der Waals surface area contributed by atoms with Crippen LogP contribution in [0.25, 0.3) is 5.65 Å². The van der Waals surface area contributed by atoms with Crippen molar-refractivity contribution in [1.82, 2.24) is 19.6 Å². The number of halogens is 3. The summed E-state index contributed by atoms with van der Waals surface area (Å²) >= 11 is 0. The number of aromatic nitrogens is 4. The van der Waals surface area contributed by atoms with Gasteiger partial charge in [0.25, 0.3) is 0 Å². The second-order valence-corrected chi connectivity index (χ2v) is 3.19. The average Bonchev–Trinajstić information content (AvgIpc) is 2.57. The van der Waals surface area contributed by atoms with Gasteiger partial charge in [-0.05, 0) is 6.92 Å². The lowest BCUT2D eigenvalue weighted by atomic mass is 10.5. The molecule has 0 aliphatic heterocycles. The van der Waals surface area contributed by atoms with Crippen LogP contribution in [0.15, 0.2) is 12.4 Å². The van der Waals surface area contributed by atoms with Gasteiger partial charge in [0.05, 0.1) is 0 Å². The first-order valence-electron chi connectivity index (χ1n) is 4.44. The van der Waals surface area contributed by atoms with Crippen LogP contribution in [-0.4, -0.2) is 32.3 Å². The molecular weight excluding hydrogens is 223 g/mol. The molecule has 0 saturated heterocycles. The van der Waals surface area contributed by atoms with Gasteiger partial charge in [-0.1, -0.05) is 0 Å². The number of anilines is 1. The third kappa shape index (κ3) is 2.05. The molecule has 0 fully saturated rings. The quantitative estimate of drug-likeness (QED) is 0.848. The van der Waals surface area contributed by atoms with E-state index in [0.29, 0.717) is 5.82 Å². The fraction of sp³-hybridized carbons (Fsp3) is 0.375. The molecule has 0 bridgehead atoms. The molecule has 0 saturated carbocycles. The number of aryl methyl sites for hydroxylation is 1. The van der Waals surface area contributed by atoms with E-state index < -0.39 is 12.7 Å². The minimum absolute atomic E-state index is 0.0698. The number of fused-ring (bicyclic) bond motifs is 1. The van der Waals surface area contributed by atoms with Gasteiger partial charge in [-0.2, -0.15) is 13.2 Å². The van der Waals surface area contributed by atoms with E-state index in [1.165, 1.54) is 6.20 Å². The molecule has 2 heterocycles. The second kappa shape index (κ2) is 3.62. The van der Waals surface area contributed by atoms with Crippen LogP contribution in [0, 0.1) is 6.92 Å². The van der Waals surface area contributed by atoms with Crippen molar-refractivity contribution in [2.45, 2.75) is 13.1 Å². The van der Waals surface area contributed by atoms with Gasteiger partial charge in [0.2, 0.25) is 5.65 Å². The topological polar surface area (TPSA) is 55.1 Å². The maximum Gasteiger partial charge on any atom is 0.405 e. The van der Waals surface area contributed by atoms with E-state index >= 15 is 0 Å². The predicted molar refractivity (Wildman–Crippen MR) is 50.1 cm³/mol. The molecule has 1 N–H and O–H groups in total. The highest BCUT2D eigenvalue weighted by Crippen LogP contribution is 2.17. The Hall–Kier alpha value is -1.86. The normalized spacial score (nSPS) is 12.0. The molecule has 0 aromatic carbocycles. The SMILES string of the molecule is Cc1nnc2c(NCC(F)(F)F)nccn12. The highest BCUT2D eigenvalue weighted by atomic mass is 19.4. The van der Waals surface area contributed by atoms with Gasteiger partial charge >= 0.3 is 6.18 Å². The first-order valence-corrected chi connectivity index (χ1v) is 4.44. The Balaban J connectivity index is 2.31. The van der Waals surface area contributed by atoms with Gasteiger partial charge < -0.3 is 5.32 Å². The van der Waals surface area contributed by atoms with Crippen LogP contribution in [0.2, 0.25) is 0 Å². The number of nitrogens with zero attached hydrogens (tertiary/aromatic N) is 4. The predicted octanol–water partition coefficient (Wildman–Crippen LogP) is 1.41. The van der Waals surface area contributed by atoms with E-state index in [4.69, 9.17) is 0 Å². The molecular formula is C8H8F3N5. The molecule has 2 rings (SSSR count). The minimum atomic E-state index is -4.29.